The molecule has 0 spiro atoms. The van der Waals surface area contributed by atoms with Gasteiger partial charge in [0.2, 0.25) is 11.8 Å². The van der Waals surface area contributed by atoms with Crippen molar-refractivity contribution in [3.63, 3.8) is 0 Å². The summed E-state index contributed by atoms with van der Waals surface area (Å²) in [7, 11) is 0. The van der Waals surface area contributed by atoms with E-state index < -0.39 is 29.7 Å². The monoisotopic (exact) mass is 511 g/mol. The minimum absolute atomic E-state index is 0.107. The zero-order valence-electron chi connectivity index (χ0n) is 20.8. The highest BCUT2D eigenvalue weighted by Gasteiger charge is 2.40. The number of carbonyl (C=O) groups is 4. The average Bonchev–Trinajstić information content (AvgIpc) is 3.25. The van der Waals surface area contributed by atoms with Crippen molar-refractivity contribution in [2.45, 2.75) is 26.3 Å². The molecule has 2 N–H and O–H groups in total. The summed E-state index contributed by atoms with van der Waals surface area (Å²) in [6.45, 7) is 3.76. The van der Waals surface area contributed by atoms with Crippen molar-refractivity contribution in [1.82, 2.24) is 0 Å². The molecule has 0 bridgehead atoms. The van der Waals surface area contributed by atoms with Crippen LogP contribution in [0.15, 0.2) is 77.2 Å². The van der Waals surface area contributed by atoms with Gasteiger partial charge in [-0.25, -0.2) is 4.79 Å². The molecule has 0 saturated carbocycles. The lowest BCUT2D eigenvalue weighted by Crippen LogP contribution is -2.52. The number of anilines is 3. The smallest absolute Gasteiger partial charge is 0.338 e. The number of ether oxygens (including phenoxy) is 1. The number of hydrogen-bond acceptors (Lipinski definition) is 6. The van der Waals surface area contributed by atoms with Gasteiger partial charge < -0.3 is 19.8 Å². The van der Waals surface area contributed by atoms with E-state index in [2.05, 4.69) is 10.6 Å². The van der Waals surface area contributed by atoms with Gasteiger partial charge in [0, 0.05) is 16.6 Å². The highest BCUT2D eigenvalue weighted by atomic mass is 16.5. The van der Waals surface area contributed by atoms with Crippen LogP contribution < -0.4 is 15.5 Å². The number of rotatable bonds is 6. The van der Waals surface area contributed by atoms with Crippen molar-refractivity contribution in [2.75, 3.05) is 22.1 Å². The second-order valence-corrected chi connectivity index (χ2v) is 8.80. The number of carbonyl (C=O) groups excluding carboxylic acids is 4. The van der Waals surface area contributed by atoms with Gasteiger partial charge in [0.05, 0.1) is 30.0 Å². The van der Waals surface area contributed by atoms with Gasteiger partial charge in [-0.15, -0.1) is 0 Å². The Labute approximate surface area is 218 Å². The average molecular weight is 512 g/mol. The Morgan fingerprint density at radius 3 is 2.45 bits per heavy atom. The summed E-state index contributed by atoms with van der Waals surface area (Å²) in [6, 6.07) is 19.3. The number of hydrogen-bond donors (Lipinski definition) is 2. The number of aryl methyl sites for hydroxylation is 1. The molecule has 0 radical (unpaired) electrons. The van der Waals surface area contributed by atoms with Gasteiger partial charge in [-0.05, 0) is 56.3 Å². The van der Waals surface area contributed by atoms with Gasteiger partial charge in [-0.3, -0.25) is 19.3 Å². The highest BCUT2D eigenvalue weighted by Crippen LogP contribution is 2.36. The van der Waals surface area contributed by atoms with E-state index in [9.17, 15) is 19.2 Å². The molecule has 0 fully saturated rings. The van der Waals surface area contributed by atoms with Crippen LogP contribution in [0.1, 0.15) is 39.8 Å². The van der Waals surface area contributed by atoms with E-state index in [1.165, 1.54) is 17.0 Å². The van der Waals surface area contributed by atoms with Crippen molar-refractivity contribution in [2.24, 2.45) is 0 Å². The molecule has 38 heavy (non-hydrogen) atoms. The number of nitrogens with zero attached hydrogens (tertiary/aromatic N) is 1. The van der Waals surface area contributed by atoms with Crippen LogP contribution in [0.2, 0.25) is 0 Å². The third-order valence-electron chi connectivity index (χ3n) is 6.35. The Morgan fingerprint density at radius 2 is 1.71 bits per heavy atom. The van der Waals surface area contributed by atoms with Crippen LogP contribution in [0.4, 0.5) is 17.1 Å². The van der Waals surface area contributed by atoms with E-state index in [0.29, 0.717) is 33.8 Å². The number of furan rings is 1. The number of fused-ring (bicyclic) bond motifs is 2. The van der Waals surface area contributed by atoms with Gasteiger partial charge in [0.25, 0.3) is 5.91 Å². The fourth-order valence-corrected chi connectivity index (χ4v) is 4.50. The van der Waals surface area contributed by atoms with E-state index in [4.69, 9.17) is 9.15 Å². The summed E-state index contributed by atoms with van der Waals surface area (Å²) in [5, 5.41) is 6.32. The molecular formula is C29H25N3O6. The van der Waals surface area contributed by atoms with Gasteiger partial charge in [0.15, 0.2) is 5.76 Å². The molecule has 1 aromatic heterocycles. The molecule has 1 unspecified atom stereocenters. The molecule has 0 saturated heterocycles. The molecule has 9 nitrogen and oxygen atoms in total. The van der Waals surface area contributed by atoms with Crippen LogP contribution in [0.25, 0.3) is 11.0 Å². The van der Waals surface area contributed by atoms with Crippen LogP contribution in [-0.4, -0.2) is 36.3 Å². The Morgan fingerprint density at radius 1 is 1.00 bits per heavy atom. The maximum atomic E-state index is 13.9. The summed E-state index contributed by atoms with van der Waals surface area (Å²) >= 11 is 0. The molecular weight excluding hydrogens is 486 g/mol. The molecule has 5 rings (SSSR count). The molecule has 1 aliphatic heterocycles. The van der Waals surface area contributed by atoms with E-state index >= 15 is 0 Å². The predicted octanol–water partition coefficient (Wildman–Crippen LogP) is 4.91. The molecule has 192 valence electrons. The Hall–Kier alpha value is -4.92. The van der Waals surface area contributed by atoms with Crippen LogP contribution in [0.3, 0.4) is 0 Å². The quantitative estimate of drug-likeness (QED) is 0.355. The third kappa shape index (κ3) is 4.61. The van der Waals surface area contributed by atoms with Crippen LogP contribution in [0.5, 0.6) is 0 Å². The van der Waals surface area contributed by atoms with Gasteiger partial charge in [0.1, 0.15) is 11.6 Å². The lowest BCUT2D eigenvalue weighted by atomic mass is 10.0. The summed E-state index contributed by atoms with van der Waals surface area (Å²) < 4.78 is 10.9. The number of amides is 3. The molecule has 0 aliphatic carbocycles. The number of esters is 1. The first-order valence-electron chi connectivity index (χ1n) is 12.2. The van der Waals surface area contributed by atoms with Crippen LogP contribution >= 0.6 is 0 Å². The second-order valence-electron chi connectivity index (χ2n) is 8.80. The maximum Gasteiger partial charge on any atom is 0.338 e. The topological polar surface area (TPSA) is 118 Å². The first-order valence-corrected chi connectivity index (χ1v) is 12.2. The van der Waals surface area contributed by atoms with E-state index in [1.807, 2.05) is 18.2 Å². The molecule has 9 heteroatoms. The first kappa shape index (κ1) is 24.8. The predicted molar refractivity (Wildman–Crippen MR) is 142 cm³/mol. The molecule has 4 aromatic rings. The summed E-state index contributed by atoms with van der Waals surface area (Å²) in [5.41, 5.74) is 2.93. The standard InChI is InChI=1S/C29H25N3O6/c1-3-37-29(36)18-12-14-19(15-13-18)30-25(33)16-23-27(34)31-21-9-5-6-10-22(21)32(23)28(35)26-17(2)20-8-4-7-11-24(20)38-26/h4-15,23H,3,16H2,1-2H3,(H,30,33)(H,31,34). The van der Waals surface area contributed by atoms with Crippen molar-refractivity contribution in [3.8, 4) is 0 Å². The van der Waals surface area contributed by atoms with Crippen LogP contribution in [-0.2, 0) is 14.3 Å². The minimum atomic E-state index is -1.12. The minimum Gasteiger partial charge on any atom is -0.462 e. The van der Waals surface area contributed by atoms with Gasteiger partial charge >= 0.3 is 5.97 Å². The Kier molecular flexibility index (Phi) is 6.66. The van der Waals surface area contributed by atoms with Crippen LogP contribution in [0, 0.1) is 6.92 Å². The third-order valence-corrected chi connectivity index (χ3v) is 6.35. The molecule has 2 heterocycles. The van der Waals surface area contributed by atoms with Crippen molar-refractivity contribution < 1.29 is 28.3 Å². The molecule has 3 amide bonds. The molecule has 1 aliphatic rings. The number of nitrogens with one attached hydrogen (secondary N) is 2. The zero-order chi connectivity index (χ0) is 26.8. The van der Waals surface area contributed by atoms with Crippen molar-refractivity contribution in [3.05, 3.63) is 89.7 Å². The summed E-state index contributed by atoms with van der Waals surface area (Å²) in [5.74, 6) is -1.84. The Bertz CT molecular complexity index is 1560. The fraction of sp³-hybridized carbons (Fsp3) is 0.172. The lowest BCUT2D eigenvalue weighted by molar-refractivity contribution is -0.122. The van der Waals surface area contributed by atoms with Crippen molar-refractivity contribution >= 4 is 51.7 Å². The highest BCUT2D eigenvalue weighted by molar-refractivity contribution is 6.18. The first-order chi connectivity index (χ1) is 18.4. The second kappa shape index (κ2) is 10.2. The Balaban J connectivity index is 1.43. The zero-order valence-corrected chi connectivity index (χ0v) is 20.8. The summed E-state index contributed by atoms with van der Waals surface area (Å²) in [4.78, 5) is 53.3. The number of para-hydroxylation sites is 3. The normalized spacial score (nSPS) is 14.5. The maximum absolute atomic E-state index is 13.9. The van der Waals surface area contributed by atoms with E-state index in [0.717, 1.165) is 5.39 Å². The van der Waals surface area contributed by atoms with Gasteiger partial charge in [-0.1, -0.05) is 30.3 Å². The largest absolute Gasteiger partial charge is 0.462 e. The fourth-order valence-electron chi connectivity index (χ4n) is 4.50. The van der Waals surface area contributed by atoms with Gasteiger partial charge in [-0.2, -0.15) is 0 Å². The number of benzene rings is 3. The lowest BCUT2D eigenvalue weighted by Gasteiger charge is -2.35. The van der Waals surface area contributed by atoms with Crippen molar-refractivity contribution in [1.29, 1.82) is 0 Å². The molecule has 3 aromatic carbocycles. The SMILES string of the molecule is CCOC(=O)c1ccc(NC(=O)CC2C(=O)Nc3ccccc3N2C(=O)c2oc3ccccc3c2C)cc1. The van der Waals surface area contributed by atoms with E-state index in [1.54, 1.807) is 56.3 Å². The summed E-state index contributed by atoms with van der Waals surface area (Å²) in [6.07, 6.45) is -0.301. The molecule has 1 atom stereocenters. The van der Waals surface area contributed by atoms with E-state index in [-0.39, 0.29) is 18.8 Å².